The zero-order valence-electron chi connectivity index (χ0n) is 13.9. The lowest BCUT2D eigenvalue weighted by Gasteiger charge is -2.42. The quantitative estimate of drug-likeness (QED) is 0.747. The lowest BCUT2D eigenvalue weighted by Crippen LogP contribution is -2.43. The molecule has 0 aromatic heterocycles. The van der Waals surface area contributed by atoms with Crippen molar-refractivity contribution >= 4 is 11.4 Å². The van der Waals surface area contributed by atoms with Crippen LogP contribution in [0.2, 0.25) is 0 Å². The molecule has 20 heavy (non-hydrogen) atoms. The van der Waals surface area contributed by atoms with Crippen LogP contribution in [-0.4, -0.2) is 24.1 Å². The first kappa shape index (κ1) is 16.7. The van der Waals surface area contributed by atoms with Gasteiger partial charge in [0, 0.05) is 6.08 Å². The summed E-state index contributed by atoms with van der Waals surface area (Å²) < 4.78 is 5.40. The van der Waals surface area contributed by atoms with Gasteiger partial charge in [0.25, 0.3) is 0 Å². The summed E-state index contributed by atoms with van der Waals surface area (Å²) in [6.45, 7) is 12.9. The molecular weight excluding hydrogens is 248 g/mol. The number of allylic oxidation sites excluding steroid dienone is 3. The summed E-state index contributed by atoms with van der Waals surface area (Å²) in [7, 11) is 1.65. The van der Waals surface area contributed by atoms with Crippen molar-refractivity contribution in [2.24, 2.45) is 16.8 Å². The van der Waals surface area contributed by atoms with Crippen molar-refractivity contribution in [1.82, 2.24) is 0 Å². The first-order valence-corrected chi connectivity index (χ1v) is 7.59. The molecule has 2 aliphatic rings. The van der Waals surface area contributed by atoms with Crippen LogP contribution in [0.25, 0.3) is 0 Å². The second-order valence-electron chi connectivity index (χ2n) is 5.52. The molecule has 0 bridgehead atoms. The molecule has 0 aromatic rings. The van der Waals surface area contributed by atoms with Crippen LogP contribution in [0.3, 0.4) is 0 Å². The van der Waals surface area contributed by atoms with Gasteiger partial charge >= 0.3 is 0 Å². The molecule has 3 nitrogen and oxygen atoms in total. The van der Waals surface area contributed by atoms with E-state index in [0.29, 0.717) is 17.5 Å². The average molecular weight is 276 g/mol. The number of nitrogens with one attached hydrogen (secondary N) is 1. The second kappa shape index (κ2) is 6.38. The molecule has 3 atom stereocenters. The number of nitrogens with zero attached hydrogens (tertiary/aromatic N) is 1. The topological polar surface area (TPSA) is 45.4 Å². The molecule has 1 N–H and O–H groups in total. The van der Waals surface area contributed by atoms with Crippen LogP contribution in [0.4, 0.5) is 0 Å². The number of fused-ring (bicyclic) bond motifs is 1. The van der Waals surface area contributed by atoms with Crippen LogP contribution in [0.1, 0.15) is 48.0 Å². The Balaban J connectivity index is 0.000000956. The molecule has 0 fully saturated rings. The second-order valence-corrected chi connectivity index (χ2v) is 5.52. The molecule has 0 saturated heterocycles. The molecule has 112 valence electrons. The van der Waals surface area contributed by atoms with E-state index >= 15 is 0 Å². The van der Waals surface area contributed by atoms with Crippen LogP contribution in [0, 0.1) is 17.2 Å². The van der Waals surface area contributed by atoms with E-state index in [1.54, 1.807) is 13.2 Å². The lowest BCUT2D eigenvalue weighted by molar-refractivity contribution is 0.239. The number of methoxy groups -OCH3 is 1. The Hall–Kier alpha value is -1.38. The molecule has 1 aliphatic heterocycles. The smallest absolute Gasteiger partial charge is 0.146 e. The van der Waals surface area contributed by atoms with Crippen LogP contribution in [-0.2, 0) is 4.74 Å². The molecule has 3 heteroatoms. The van der Waals surface area contributed by atoms with Crippen molar-refractivity contribution in [3.05, 3.63) is 23.5 Å². The van der Waals surface area contributed by atoms with Crippen LogP contribution in [0.5, 0.6) is 0 Å². The van der Waals surface area contributed by atoms with Gasteiger partial charge in [-0.25, -0.2) is 0 Å². The Kier molecular flexibility index (Phi) is 5.32. The third-order valence-electron chi connectivity index (χ3n) is 4.63. The van der Waals surface area contributed by atoms with Crippen molar-refractivity contribution in [2.45, 2.75) is 53.5 Å². The lowest BCUT2D eigenvalue weighted by atomic mass is 9.69. The average Bonchev–Trinajstić information content (AvgIpc) is 2.47. The standard InChI is InChI=1S/C15H22N2O.C2H6/c1-6-15(4)10(3)9(2)12-7-11(16)8-13(18-5)14(12)17-15;1-2/h7-10,16H,6H2,1-5H3;1-2H3. The molecule has 0 aromatic carbocycles. The predicted octanol–water partition coefficient (Wildman–Crippen LogP) is 4.40. The van der Waals surface area contributed by atoms with Gasteiger partial charge in [0.1, 0.15) is 11.5 Å². The van der Waals surface area contributed by atoms with Crippen LogP contribution >= 0.6 is 0 Å². The van der Waals surface area contributed by atoms with Gasteiger partial charge in [0.05, 0.1) is 18.4 Å². The van der Waals surface area contributed by atoms with Crippen molar-refractivity contribution in [2.75, 3.05) is 7.11 Å². The summed E-state index contributed by atoms with van der Waals surface area (Å²) in [6, 6.07) is 0. The van der Waals surface area contributed by atoms with Crippen molar-refractivity contribution < 1.29 is 4.74 Å². The third-order valence-corrected chi connectivity index (χ3v) is 4.63. The van der Waals surface area contributed by atoms with Crippen LogP contribution in [0.15, 0.2) is 28.5 Å². The summed E-state index contributed by atoms with van der Waals surface area (Å²) in [4.78, 5) is 4.93. The monoisotopic (exact) mass is 276 g/mol. The number of hydrogen-bond acceptors (Lipinski definition) is 3. The van der Waals surface area contributed by atoms with Gasteiger partial charge in [-0.2, -0.15) is 0 Å². The zero-order valence-corrected chi connectivity index (χ0v) is 13.9. The Morgan fingerprint density at radius 3 is 2.40 bits per heavy atom. The Labute approximate surface area is 123 Å². The van der Waals surface area contributed by atoms with Gasteiger partial charge in [-0.05, 0) is 36.8 Å². The Morgan fingerprint density at radius 1 is 1.30 bits per heavy atom. The Morgan fingerprint density at radius 2 is 1.90 bits per heavy atom. The fraction of sp³-hybridized carbons (Fsp3) is 0.647. The number of aliphatic imine (C=N–C) groups is 1. The van der Waals surface area contributed by atoms with Gasteiger partial charge in [-0.3, -0.25) is 4.99 Å². The Bertz CT molecular complexity index is 473. The molecule has 0 amide bonds. The highest BCUT2D eigenvalue weighted by Gasteiger charge is 2.41. The van der Waals surface area contributed by atoms with Crippen molar-refractivity contribution in [3.8, 4) is 0 Å². The van der Waals surface area contributed by atoms with E-state index in [-0.39, 0.29) is 5.54 Å². The van der Waals surface area contributed by atoms with Crippen molar-refractivity contribution in [1.29, 1.82) is 5.41 Å². The van der Waals surface area contributed by atoms with E-state index in [9.17, 15) is 0 Å². The van der Waals surface area contributed by atoms with E-state index in [2.05, 4.69) is 27.7 Å². The van der Waals surface area contributed by atoms with E-state index < -0.39 is 0 Å². The molecule has 2 rings (SSSR count). The summed E-state index contributed by atoms with van der Waals surface area (Å²) in [5, 5.41) is 7.86. The first-order valence-electron chi connectivity index (χ1n) is 7.59. The largest absolute Gasteiger partial charge is 0.494 e. The molecule has 0 spiro atoms. The highest BCUT2D eigenvalue weighted by Crippen LogP contribution is 2.42. The molecule has 1 heterocycles. The maximum atomic E-state index is 7.86. The summed E-state index contributed by atoms with van der Waals surface area (Å²) >= 11 is 0. The number of hydrogen-bond donors (Lipinski definition) is 1. The predicted molar refractivity (Wildman–Crippen MR) is 86.7 cm³/mol. The van der Waals surface area contributed by atoms with Crippen LogP contribution < -0.4 is 0 Å². The summed E-state index contributed by atoms with van der Waals surface area (Å²) in [5.41, 5.74) is 2.56. The molecule has 3 unspecified atom stereocenters. The maximum absolute atomic E-state index is 7.86. The highest BCUT2D eigenvalue weighted by atomic mass is 16.5. The fourth-order valence-corrected chi connectivity index (χ4v) is 2.82. The SMILES string of the molecule is CC.CCC1(C)N=C2C(OC)=CC(=N)C=C2C(C)C1C. The van der Waals surface area contributed by atoms with Gasteiger partial charge in [-0.1, -0.05) is 34.6 Å². The summed E-state index contributed by atoms with van der Waals surface area (Å²) in [6.07, 6.45) is 4.70. The molecule has 1 aliphatic carbocycles. The van der Waals surface area contributed by atoms with Gasteiger partial charge in [-0.15, -0.1) is 0 Å². The normalized spacial score (nSPS) is 32.1. The minimum absolute atomic E-state index is 0.0385. The van der Waals surface area contributed by atoms with E-state index in [1.807, 2.05) is 19.9 Å². The number of ether oxygens (including phenoxy) is 1. The molecule has 0 radical (unpaired) electrons. The van der Waals surface area contributed by atoms with E-state index in [0.717, 1.165) is 23.5 Å². The van der Waals surface area contributed by atoms with Gasteiger partial charge < -0.3 is 10.1 Å². The molecular formula is C17H28N2O. The number of rotatable bonds is 2. The van der Waals surface area contributed by atoms with E-state index in [1.165, 1.54) is 0 Å². The molecule has 0 saturated carbocycles. The first-order chi connectivity index (χ1) is 9.42. The van der Waals surface area contributed by atoms with Gasteiger partial charge in [0.2, 0.25) is 0 Å². The summed E-state index contributed by atoms with van der Waals surface area (Å²) in [5.74, 6) is 1.61. The minimum Gasteiger partial charge on any atom is -0.494 e. The zero-order chi connectivity index (χ0) is 15.5. The maximum Gasteiger partial charge on any atom is 0.146 e. The van der Waals surface area contributed by atoms with E-state index in [4.69, 9.17) is 15.1 Å². The third kappa shape index (κ3) is 2.72. The van der Waals surface area contributed by atoms with Gasteiger partial charge in [0.15, 0.2) is 0 Å². The van der Waals surface area contributed by atoms with Crippen molar-refractivity contribution in [3.63, 3.8) is 0 Å². The minimum atomic E-state index is -0.0385. The highest BCUT2D eigenvalue weighted by molar-refractivity contribution is 6.23. The fourth-order valence-electron chi connectivity index (χ4n) is 2.82.